The molecule has 1 saturated heterocycles. The first-order valence-corrected chi connectivity index (χ1v) is 17.8. The van der Waals surface area contributed by atoms with Crippen molar-refractivity contribution in [3.63, 3.8) is 0 Å². The van der Waals surface area contributed by atoms with Crippen LogP contribution in [0.15, 0.2) is 71.6 Å². The van der Waals surface area contributed by atoms with Crippen molar-refractivity contribution in [2.24, 2.45) is 5.92 Å². The highest BCUT2D eigenvalue weighted by Crippen LogP contribution is 2.59. The van der Waals surface area contributed by atoms with E-state index in [2.05, 4.69) is 10.1 Å². The number of anilines is 1. The van der Waals surface area contributed by atoms with Gasteiger partial charge in [0.25, 0.3) is 15.9 Å². The van der Waals surface area contributed by atoms with Crippen LogP contribution in [0, 0.1) is 5.92 Å². The normalized spacial score (nSPS) is 20.5. The first-order chi connectivity index (χ1) is 21.6. The molecule has 0 aromatic heterocycles. The number of rotatable bonds is 8. The van der Waals surface area contributed by atoms with Gasteiger partial charge in [0, 0.05) is 17.5 Å². The summed E-state index contributed by atoms with van der Waals surface area (Å²) < 4.78 is 125. The van der Waals surface area contributed by atoms with Crippen molar-refractivity contribution in [2.75, 3.05) is 15.8 Å². The van der Waals surface area contributed by atoms with Crippen LogP contribution in [0.25, 0.3) is 0 Å². The molecule has 1 saturated carbocycles. The largest absolute Gasteiger partial charge is 0.435 e. The number of hydrogen-bond donors (Lipinski definition) is 1. The zero-order valence-corrected chi connectivity index (χ0v) is 25.8. The lowest BCUT2D eigenvalue weighted by atomic mass is 9.70. The Kier molecular flexibility index (Phi) is 8.06. The topological polar surface area (TPSA) is 110 Å². The van der Waals surface area contributed by atoms with E-state index in [1.807, 2.05) is 0 Å². The number of amides is 1. The summed E-state index contributed by atoms with van der Waals surface area (Å²) in [6.07, 6.45) is -2.99. The van der Waals surface area contributed by atoms with Crippen LogP contribution in [0.3, 0.4) is 0 Å². The zero-order chi connectivity index (χ0) is 33.1. The van der Waals surface area contributed by atoms with E-state index >= 15 is 0 Å². The van der Waals surface area contributed by atoms with E-state index in [9.17, 15) is 43.6 Å². The van der Waals surface area contributed by atoms with E-state index in [4.69, 9.17) is 0 Å². The summed E-state index contributed by atoms with van der Waals surface area (Å²) in [4.78, 5) is 13.1. The molecule has 2 fully saturated rings. The SMILES string of the molecule is O=C(NCc1ccccc1C(F)(F)F)c1ccc2c(c1)C1(CCS(=O)(=O)CC1)C(C1CC1)N2S(=O)(=O)c1ccc(OC(F)F)cc1. The number of ether oxygens (including phenoxy) is 1. The maximum atomic E-state index is 14.3. The Morgan fingerprint density at radius 2 is 1.65 bits per heavy atom. The van der Waals surface area contributed by atoms with Crippen LogP contribution in [0.4, 0.5) is 27.6 Å². The summed E-state index contributed by atoms with van der Waals surface area (Å²) in [5.41, 5.74) is -1.14. The van der Waals surface area contributed by atoms with E-state index in [1.54, 1.807) is 0 Å². The van der Waals surface area contributed by atoms with E-state index in [0.717, 1.165) is 30.3 Å². The summed E-state index contributed by atoms with van der Waals surface area (Å²) in [5.74, 6) is -1.38. The van der Waals surface area contributed by atoms with Crippen molar-refractivity contribution in [3.05, 3.63) is 89.0 Å². The van der Waals surface area contributed by atoms with Crippen molar-refractivity contribution >= 4 is 31.5 Å². The molecule has 246 valence electrons. The van der Waals surface area contributed by atoms with Gasteiger partial charge in [-0.2, -0.15) is 22.0 Å². The fraction of sp³-hybridized carbons (Fsp3) is 0.387. The van der Waals surface area contributed by atoms with Gasteiger partial charge < -0.3 is 10.1 Å². The number of fused-ring (bicyclic) bond motifs is 2. The number of hydrogen-bond acceptors (Lipinski definition) is 6. The van der Waals surface area contributed by atoms with Gasteiger partial charge in [-0.05, 0) is 91.3 Å². The van der Waals surface area contributed by atoms with Crippen LogP contribution in [-0.4, -0.2) is 46.9 Å². The molecular weight excluding hydrogens is 655 g/mol. The van der Waals surface area contributed by atoms with E-state index in [1.165, 1.54) is 40.7 Å². The molecule has 8 nitrogen and oxygen atoms in total. The lowest BCUT2D eigenvalue weighted by molar-refractivity contribution is -0.138. The predicted octanol–water partition coefficient (Wildman–Crippen LogP) is 5.67. The van der Waals surface area contributed by atoms with Gasteiger partial charge in [0.1, 0.15) is 15.6 Å². The Bertz CT molecular complexity index is 1860. The van der Waals surface area contributed by atoms with Gasteiger partial charge in [-0.15, -0.1) is 0 Å². The summed E-state index contributed by atoms with van der Waals surface area (Å²) in [6, 6.07) is 13.1. The number of sulfone groups is 1. The van der Waals surface area contributed by atoms with Crippen molar-refractivity contribution in [3.8, 4) is 5.75 Å². The highest BCUT2D eigenvalue weighted by molar-refractivity contribution is 7.93. The van der Waals surface area contributed by atoms with Crippen molar-refractivity contribution in [1.82, 2.24) is 5.32 Å². The Labute approximate surface area is 262 Å². The first kappa shape index (κ1) is 32.2. The van der Waals surface area contributed by atoms with Crippen LogP contribution in [0.1, 0.15) is 52.7 Å². The fourth-order valence-electron chi connectivity index (χ4n) is 6.74. The predicted molar refractivity (Wildman–Crippen MR) is 158 cm³/mol. The van der Waals surface area contributed by atoms with E-state index in [0.29, 0.717) is 18.4 Å². The lowest BCUT2D eigenvalue weighted by Crippen LogP contribution is -2.52. The molecule has 1 atom stereocenters. The third-order valence-electron chi connectivity index (χ3n) is 9.01. The highest BCUT2D eigenvalue weighted by Gasteiger charge is 2.60. The molecule has 3 aromatic rings. The Hall–Kier alpha value is -3.72. The average Bonchev–Trinajstić information content (AvgIpc) is 3.80. The molecule has 1 N–H and O–H groups in total. The minimum Gasteiger partial charge on any atom is -0.435 e. The Morgan fingerprint density at radius 1 is 1.00 bits per heavy atom. The molecule has 15 heteroatoms. The quantitative estimate of drug-likeness (QED) is 0.307. The summed E-state index contributed by atoms with van der Waals surface area (Å²) in [5, 5.41) is 2.52. The minimum atomic E-state index is -4.62. The molecule has 0 radical (unpaired) electrons. The highest BCUT2D eigenvalue weighted by atomic mass is 32.2. The molecule has 3 aromatic carbocycles. The standard InChI is InChI=1S/C31H29F5N2O6S2/c32-29(33)44-22-8-10-23(11-9-22)46(42,43)38-26-12-7-20(28(39)37-18-21-3-1-2-4-24(21)31(34,35)36)17-25(26)30(27(38)19-5-6-19)13-15-45(40,41)16-14-30/h1-4,7-12,17,19,27,29H,5-6,13-16,18H2,(H,37,39). The number of alkyl halides is 5. The molecule has 1 aliphatic carbocycles. The third kappa shape index (κ3) is 5.94. The van der Waals surface area contributed by atoms with Gasteiger partial charge in [0.05, 0.1) is 33.7 Å². The maximum absolute atomic E-state index is 14.3. The second kappa shape index (κ2) is 11.5. The average molecular weight is 685 g/mol. The molecule has 2 heterocycles. The molecule has 1 spiro atoms. The van der Waals surface area contributed by atoms with E-state index < -0.39 is 62.1 Å². The molecule has 46 heavy (non-hydrogen) atoms. The summed E-state index contributed by atoms with van der Waals surface area (Å²) in [7, 11) is -7.71. The van der Waals surface area contributed by atoms with Crippen LogP contribution >= 0.6 is 0 Å². The second-order valence-corrected chi connectivity index (χ2v) is 15.9. The van der Waals surface area contributed by atoms with Gasteiger partial charge >= 0.3 is 12.8 Å². The molecule has 2 aliphatic heterocycles. The number of halogens is 5. The third-order valence-corrected chi connectivity index (χ3v) is 12.5. The molecular formula is C31H29F5N2O6S2. The fourth-order valence-corrected chi connectivity index (χ4v) is 10.1. The molecule has 0 bridgehead atoms. The van der Waals surface area contributed by atoms with E-state index in [-0.39, 0.29) is 57.7 Å². The Balaban J connectivity index is 1.39. The number of carbonyl (C=O) groups is 1. The van der Waals surface area contributed by atoms with Gasteiger partial charge in [-0.25, -0.2) is 16.8 Å². The smallest absolute Gasteiger partial charge is 0.416 e. The van der Waals surface area contributed by atoms with Crippen LogP contribution in [0.5, 0.6) is 5.75 Å². The van der Waals surface area contributed by atoms with Crippen LogP contribution in [-0.2, 0) is 38.0 Å². The van der Waals surface area contributed by atoms with Crippen LogP contribution in [0.2, 0.25) is 0 Å². The Morgan fingerprint density at radius 3 is 2.26 bits per heavy atom. The monoisotopic (exact) mass is 684 g/mol. The lowest BCUT2D eigenvalue weighted by Gasteiger charge is -2.41. The molecule has 1 amide bonds. The van der Waals surface area contributed by atoms with Crippen molar-refractivity contribution < 1.29 is 48.3 Å². The van der Waals surface area contributed by atoms with Gasteiger partial charge in [0.15, 0.2) is 0 Å². The second-order valence-electron chi connectivity index (χ2n) is 11.8. The number of sulfonamides is 1. The maximum Gasteiger partial charge on any atom is 0.416 e. The van der Waals surface area contributed by atoms with Gasteiger partial charge in [-0.3, -0.25) is 9.10 Å². The molecule has 6 rings (SSSR count). The summed E-state index contributed by atoms with van der Waals surface area (Å²) >= 11 is 0. The van der Waals surface area contributed by atoms with Crippen LogP contribution < -0.4 is 14.4 Å². The molecule has 1 unspecified atom stereocenters. The van der Waals surface area contributed by atoms with Gasteiger partial charge in [-0.1, -0.05) is 18.2 Å². The first-order valence-electron chi connectivity index (χ1n) is 14.5. The minimum absolute atomic E-state index is 0.0818. The number of carbonyl (C=O) groups excluding carboxylic acids is 1. The summed E-state index contributed by atoms with van der Waals surface area (Å²) in [6.45, 7) is -3.51. The van der Waals surface area contributed by atoms with Gasteiger partial charge in [0.2, 0.25) is 0 Å². The zero-order valence-electron chi connectivity index (χ0n) is 24.1. The molecule has 3 aliphatic rings. The number of nitrogens with one attached hydrogen (secondary N) is 1. The number of benzene rings is 3. The van der Waals surface area contributed by atoms with Crippen molar-refractivity contribution in [1.29, 1.82) is 0 Å². The number of nitrogens with zero attached hydrogens (tertiary/aromatic N) is 1. The van der Waals surface area contributed by atoms with Crippen molar-refractivity contribution in [2.45, 2.75) is 61.4 Å².